The van der Waals surface area contributed by atoms with Crippen molar-refractivity contribution in [2.75, 3.05) is 37.8 Å². The number of amides is 2. The first kappa shape index (κ1) is 20.9. The molecule has 2 aliphatic heterocycles. The van der Waals surface area contributed by atoms with Gasteiger partial charge in [0, 0.05) is 31.6 Å². The van der Waals surface area contributed by atoms with Crippen molar-refractivity contribution in [1.29, 1.82) is 0 Å². The highest BCUT2D eigenvalue weighted by atomic mass is 32.2. The molecular formula is C23H27N3O3S. The predicted molar refractivity (Wildman–Crippen MR) is 119 cm³/mol. The molecule has 2 aromatic rings. The molecule has 6 nitrogen and oxygen atoms in total. The van der Waals surface area contributed by atoms with E-state index in [-0.39, 0.29) is 30.4 Å². The zero-order chi connectivity index (χ0) is 21.1. The molecule has 1 unspecified atom stereocenters. The number of hydrogen-bond donors (Lipinski definition) is 2. The largest absolute Gasteiger partial charge is 0.392 e. The molecule has 0 aliphatic carbocycles. The molecule has 0 aromatic heterocycles. The van der Waals surface area contributed by atoms with Gasteiger partial charge < -0.3 is 15.3 Å². The number of rotatable bonds is 6. The number of fused-ring (bicyclic) bond motifs is 1. The second-order valence-electron chi connectivity index (χ2n) is 7.98. The Balaban J connectivity index is 1.49. The van der Waals surface area contributed by atoms with Crippen molar-refractivity contribution in [3.05, 3.63) is 59.7 Å². The summed E-state index contributed by atoms with van der Waals surface area (Å²) < 4.78 is 0. The average molecular weight is 426 g/mol. The van der Waals surface area contributed by atoms with Crippen molar-refractivity contribution in [3.8, 4) is 0 Å². The quantitative estimate of drug-likeness (QED) is 0.744. The summed E-state index contributed by atoms with van der Waals surface area (Å²) >= 11 is 1.52. The molecule has 4 rings (SSSR count). The highest BCUT2D eigenvalue weighted by molar-refractivity contribution is 8.00. The molecule has 30 heavy (non-hydrogen) atoms. The molecule has 2 N–H and O–H groups in total. The van der Waals surface area contributed by atoms with Crippen LogP contribution in [-0.2, 0) is 16.0 Å². The van der Waals surface area contributed by atoms with Gasteiger partial charge in [-0.15, -0.1) is 11.8 Å². The number of hydrogen-bond acceptors (Lipinski definition) is 5. The number of nitrogens with zero attached hydrogens (tertiary/aromatic N) is 2. The maximum atomic E-state index is 13.2. The first-order valence-corrected chi connectivity index (χ1v) is 11.2. The van der Waals surface area contributed by atoms with Gasteiger partial charge in [-0.25, -0.2) is 0 Å². The smallest absolute Gasteiger partial charge is 0.234 e. The maximum Gasteiger partial charge on any atom is 0.234 e. The number of β-amino-alcohol motifs (C(OH)–C–C–N with tert-alkyl or cyclic N) is 1. The third-order valence-electron chi connectivity index (χ3n) is 5.76. The zero-order valence-corrected chi connectivity index (χ0v) is 17.9. The summed E-state index contributed by atoms with van der Waals surface area (Å²) in [5.74, 6) is 0.446. The molecule has 0 spiro atoms. The van der Waals surface area contributed by atoms with E-state index in [1.807, 2.05) is 60.5 Å². The molecule has 0 bridgehead atoms. The Hall–Kier alpha value is -2.35. The molecule has 2 aromatic carbocycles. The van der Waals surface area contributed by atoms with Crippen molar-refractivity contribution in [2.24, 2.45) is 0 Å². The SMILES string of the molecule is CN(C(=O)Cc1ccc2c(c1)NC(=O)CS2)C(CN1CC[C@H](O)C1)c1ccccc1. The topological polar surface area (TPSA) is 72.9 Å². The van der Waals surface area contributed by atoms with Crippen LogP contribution >= 0.6 is 11.8 Å². The number of carbonyl (C=O) groups is 2. The predicted octanol–water partition coefficient (Wildman–Crippen LogP) is 2.54. The number of anilines is 1. The van der Waals surface area contributed by atoms with E-state index in [0.717, 1.165) is 34.7 Å². The second kappa shape index (κ2) is 9.20. The molecule has 0 saturated carbocycles. The summed E-state index contributed by atoms with van der Waals surface area (Å²) in [6.07, 6.45) is 0.764. The summed E-state index contributed by atoms with van der Waals surface area (Å²) in [7, 11) is 1.85. The maximum absolute atomic E-state index is 13.2. The van der Waals surface area contributed by atoms with E-state index in [1.165, 1.54) is 11.8 Å². The standard InChI is InChI=1S/C23H27N3O3S/c1-25(20(17-5-3-2-4-6-17)14-26-10-9-18(27)13-26)23(29)12-16-7-8-21-19(11-16)24-22(28)15-30-21/h2-8,11,18,20,27H,9-10,12-15H2,1H3,(H,24,28)/t18-,20?/m0/s1. The summed E-state index contributed by atoms with van der Waals surface area (Å²) in [4.78, 5) is 29.9. The first-order chi connectivity index (χ1) is 14.5. The van der Waals surface area contributed by atoms with Gasteiger partial charge in [-0.3, -0.25) is 14.5 Å². The molecule has 1 fully saturated rings. The minimum absolute atomic E-state index is 0.00923. The lowest BCUT2D eigenvalue weighted by Crippen LogP contribution is -2.39. The van der Waals surface area contributed by atoms with E-state index in [0.29, 0.717) is 18.8 Å². The lowest BCUT2D eigenvalue weighted by Gasteiger charge is -2.32. The van der Waals surface area contributed by atoms with Gasteiger partial charge in [-0.1, -0.05) is 36.4 Å². The van der Waals surface area contributed by atoms with Gasteiger partial charge in [0.25, 0.3) is 0 Å². The van der Waals surface area contributed by atoms with Gasteiger partial charge in [0.1, 0.15) is 0 Å². The number of thioether (sulfide) groups is 1. The fraction of sp³-hybridized carbons (Fsp3) is 0.391. The fourth-order valence-electron chi connectivity index (χ4n) is 4.06. The fourth-order valence-corrected chi connectivity index (χ4v) is 4.85. The van der Waals surface area contributed by atoms with E-state index in [2.05, 4.69) is 10.2 Å². The average Bonchev–Trinajstić information content (AvgIpc) is 3.16. The molecule has 1 saturated heterocycles. The van der Waals surface area contributed by atoms with Crippen LogP contribution in [0.15, 0.2) is 53.4 Å². The number of likely N-dealkylation sites (tertiary alicyclic amines) is 1. The van der Waals surface area contributed by atoms with E-state index >= 15 is 0 Å². The normalized spacial score (nSPS) is 19.8. The Morgan fingerprint density at radius 2 is 2.10 bits per heavy atom. The van der Waals surface area contributed by atoms with Gasteiger partial charge in [0.05, 0.1) is 30.0 Å². The Bertz CT molecular complexity index is 921. The summed E-state index contributed by atoms with van der Waals surface area (Å²) in [5, 5.41) is 12.8. The molecule has 2 atom stereocenters. The summed E-state index contributed by atoms with van der Waals surface area (Å²) in [5.41, 5.74) is 2.76. The Morgan fingerprint density at radius 3 is 2.83 bits per heavy atom. The van der Waals surface area contributed by atoms with Crippen molar-refractivity contribution >= 4 is 29.3 Å². The van der Waals surface area contributed by atoms with Crippen molar-refractivity contribution in [2.45, 2.75) is 29.9 Å². The molecule has 7 heteroatoms. The van der Waals surface area contributed by atoms with Crippen LogP contribution < -0.4 is 5.32 Å². The molecule has 2 heterocycles. The van der Waals surface area contributed by atoms with Gasteiger partial charge in [0.15, 0.2) is 0 Å². The Kier molecular flexibility index (Phi) is 6.41. The molecule has 2 aliphatic rings. The first-order valence-electron chi connectivity index (χ1n) is 10.3. The molecule has 2 amide bonds. The minimum Gasteiger partial charge on any atom is -0.392 e. The Morgan fingerprint density at radius 1 is 1.30 bits per heavy atom. The second-order valence-corrected chi connectivity index (χ2v) is 8.99. The third kappa shape index (κ3) is 4.86. The highest BCUT2D eigenvalue weighted by Crippen LogP contribution is 2.32. The number of likely N-dealkylation sites (N-methyl/N-ethyl adjacent to an activating group) is 1. The van der Waals surface area contributed by atoms with Gasteiger partial charge >= 0.3 is 0 Å². The van der Waals surface area contributed by atoms with E-state index in [1.54, 1.807) is 0 Å². The van der Waals surface area contributed by atoms with Crippen molar-refractivity contribution in [3.63, 3.8) is 0 Å². The van der Waals surface area contributed by atoms with Crippen LogP contribution in [0.2, 0.25) is 0 Å². The van der Waals surface area contributed by atoms with Crippen LogP contribution in [-0.4, -0.2) is 65.3 Å². The molecule has 158 valence electrons. The number of carbonyl (C=O) groups excluding carboxylic acids is 2. The van der Waals surface area contributed by atoms with Crippen LogP contribution in [0.4, 0.5) is 5.69 Å². The zero-order valence-electron chi connectivity index (χ0n) is 17.1. The van der Waals surface area contributed by atoms with E-state index in [9.17, 15) is 14.7 Å². The van der Waals surface area contributed by atoms with Crippen molar-refractivity contribution < 1.29 is 14.7 Å². The van der Waals surface area contributed by atoms with Crippen LogP contribution in [0.3, 0.4) is 0 Å². The molecule has 0 radical (unpaired) electrons. The monoisotopic (exact) mass is 425 g/mol. The summed E-state index contributed by atoms with van der Waals surface area (Å²) in [6.45, 7) is 2.18. The van der Waals surface area contributed by atoms with Crippen LogP contribution in [0, 0.1) is 0 Å². The van der Waals surface area contributed by atoms with Gasteiger partial charge in [-0.2, -0.15) is 0 Å². The number of aliphatic hydroxyl groups is 1. The van der Waals surface area contributed by atoms with E-state index in [4.69, 9.17) is 0 Å². The number of benzene rings is 2. The van der Waals surface area contributed by atoms with E-state index < -0.39 is 0 Å². The minimum atomic E-state index is -0.286. The highest BCUT2D eigenvalue weighted by Gasteiger charge is 2.28. The summed E-state index contributed by atoms with van der Waals surface area (Å²) in [6, 6.07) is 15.8. The lowest BCUT2D eigenvalue weighted by molar-refractivity contribution is -0.131. The van der Waals surface area contributed by atoms with Crippen molar-refractivity contribution in [1.82, 2.24) is 9.80 Å². The van der Waals surface area contributed by atoms with Crippen LogP contribution in [0.5, 0.6) is 0 Å². The van der Waals surface area contributed by atoms with Crippen LogP contribution in [0.25, 0.3) is 0 Å². The lowest BCUT2D eigenvalue weighted by atomic mass is 10.0. The van der Waals surface area contributed by atoms with Gasteiger partial charge in [0.2, 0.25) is 11.8 Å². The van der Waals surface area contributed by atoms with Crippen LogP contribution in [0.1, 0.15) is 23.6 Å². The Labute approximate surface area is 181 Å². The van der Waals surface area contributed by atoms with Gasteiger partial charge in [-0.05, 0) is 29.7 Å². The number of nitrogens with one attached hydrogen (secondary N) is 1. The molecular weight excluding hydrogens is 398 g/mol. The number of aliphatic hydroxyl groups excluding tert-OH is 1. The third-order valence-corrected chi connectivity index (χ3v) is 6.83.